The minimum atomic E-state index is -0.480. The van der Waals surface area contributed by atoms with Gasteiger partial charge in [0.2, 0.25) is 5.91 Å². The molecule has 2 saturated heterocycles. The molecule has 4 unspecified atom stereocenters. The Morgan fingerprint density at radius 3 is 2.74 bits per heavy atom. The maximum Gasteiger partial charge on any atom is 0.257 e. The highest BCUT2D eigenvalue weighted by molar-refractivity contribution is 5.89. The summed E-state index contributed by atoms with van der Waals surface area (Å²) in [5.74, 6) is 0.0890. The fourth-order valence-electron chi connectivity index (χ4n) is 5.20. The molecular formula is C26H28FN5O3. The van der Waals surface area contributed by atoms with Gasteiger partial charge in [-0.1, -0.05) is 24.8 Å². The maximum atomic E-state index is 13.5. The van der Waals surface area contributed by atoms with Crippen LogP contribution in [0.4, 0.5) is 4.39 Å². The second-order valence-electron chi connectivity index (χ2n) is 9.03. The normalized spacial score (nSPS) is 26.0. The fraction of sp³-hybridized carbons (Fsp3) is 0.308. The highest BCUT2D eigenvalue weighted by Gasteiger charge is 2.49. The van der Waals surface area contributed by atoms with E-state index in [4.69, 9.17) is 10.5 Å². The number of nitrogens with two attached hydrogens (primary N) is 1. The predicted molar refractivity (Wildman–Crippen MR) is 129 cm³/mol. The number of ether oxygens (including phenoxy) is 1. The van der Waals surface area contributed by atoms with E-state index in [0.29, 0.717) is 24.6 Å². The number of piperidine rings is 1. The molecule has 9 heteroatoms. The van der Waals surface area contributed by atoms with Gasteiger partial charge in [-0.25, -0.2) is 9.82 Å². The molecule has 182 valence electrons. The zero-order chi connectivity index (χ0) is 24.5. The monoisotopic (exact) mass is 477 g/mol. The van der Waals surface area contributed by atoms with Crippen molar-refractivity contribution in [2.45, 2.75) is 31.1 Å². The fourth-order valence-corrected chi connectivity index (χ4v) is 5.20. The molecule has 2 aromatic rings. The van der Waals surface area contributed by atoms with Crippen molar-refractivity contribution in [2.24, 2.45) is 11.7 Å². The zero-order valence-electron chi connectivity index (χ0n) is 19.2. The van der Waals surface area contributed by atoms with Crippen LogP contribution in [0, 0.1) is 11.7 Å². The second kappa shape index (κ2) is 9.52. The number of amides is 2. The molecule has 0 aliphatic carbocycles. The largest absolute Gasteiger partial charge is 0.457 e. The Hall–Kier alpha value is -3.69. The molecular weight excluding hydrogens is 449 g/mol. The van der Waals surface area contributed by atoms with Gasteiger partial charge in [-0.3, -0.25) is 15.0 Å². The first-order valence-corrected chi connectivity index (χ1v) is 11.7. The molecule has 3 aliphatic rings. The number of nitrogens with one attached hydrogen (secondary N) is 2. The van der Waals surface area contributed by atoms with E-state index in [-0.39, 0.29) is 29.6 Å². The van der Waals surface area contributed by atoms with Gasteiger partial charge in [-0.2, -0.15) is 0 Å². The van der Waals surface area contributed by atoms with Gasteiger partial charge in [0, 0.05) is 37.3 Å². The molecule has 0 bridgehead atoms. The standard InChI is InChI=1S/C26H28FN5O3/c1-2-22(33)31-12-4-6-18(14-31)32-15-21(23-24(32)26(34)30-29-25(23)28)16-8-10-19(11-9-16)35-20-7-3-5-17(27)13-20/h2-3,5,7-11,13,15,18,23-25,29H,1,4,6,12,14,28H2,(H,30,34). The summed E-state index contributed by atoms with van der Waals surface area (Å²) in [5.41, 5.74) is 13.8. The quantitative estimate of drug-likeness (QED) is 0.572. The van der Waals surface area contributed by atoms with Crippen molar-refractivity contribution in [2.75, 3.05) is 13.1 Å². The van der Waals surface area contributed by atoms with Crippen LogP contribution in [0.5, 0.6) is 11.5 Å². The number of hydrogen-bond donors (Lipinski definition) is 3. The number of carbonyl (C=O) groups excluding carboxylic acids is 2. The minimum absolute atomic E-state index is 0.00992. The summed E-state index contributed by atoms with van der Waals surface area (Å²) in [7, 11) is 0. The van der Waals surface area contributed by atoms with Crippen LogP contribution in [0.25, 0.3) is 5.57 Å². The molecule has 0 saturated carbocycles. The van der Waals surface area contributed by atoms with Gasteiger partial charge in [-0.15, -0.1) is 0 Å². The SMILES string of the molecule is C=CC(=O)N1CCCC(N2C=C(c3ccc(Oc4cccc(F)c4)cc3)C3C(N)NNC(=O)C32)C1. The van der Waals surface area contributed by atoms with Crippen molar-refractivity contribution < 1.29 is 18.7 Å². The molecule has 2 aromatic carbocycles. The van der Waals surface area contributed by atoms with E-state index in [1.807, 2.05) is 30.5 Å². The van der Waals surface area contributed by atoms with E-state index in [0.717, 1.165) is 24.0 Å². The highest BCUT2D eigenvalue weighted by atomic mass is 19.1. The topological polar surface area (TPSA) is 99.9 Å². The van der Waals surface area contributed by atoms with Gasteiger partial charge in [0.25, 0.3) is 5.91 Å². The molecule has 5 rings (SSSR count). The Labute approximate surface area is 203 Å². The zero-order valence-corrected chi connectivity index (χ0v) is 19.2. The van der Waals surface area contributed by atoms with Gasteiger partial charge in [0.1, 0.15) is 23.4 Å². The second-order valence-corrected chi connectivity index (χ2v) is 9.03. The molecule has 3 heterocycles. The van der Waals surface area contributed by atoms with Gasteiger partial charge in [0.15, 0.2) is 0 Å². The summed E-state index contributed by atoms with van der Waals surface area (Å²) in [4.78, 5) is 29.0. The first-order valence-electron chi connectivity index (χ1n) is 11.7. The smallest absolute Gasteiger partial charge is 0.257 e. The van der Waals surface area contributed by atoms with Crippen molar-refractivity contribution in [1.29, 1.82) is 0 Å². The summed E-state index contributed by atoms with van der Waals surface area (Å²) >= 11 is 0. The van der Waals surface area contributed by atoms with Gasteiger partial charge in [0.05, 0.1) is 6.17 Å². The third-order valence-electron chi connectivity index (χ3n) is 6.85. The van der Waals surface area contributed by atoms with Crippen LogP contribution >= 0.6 is 0 Å². The third kappa shape index (κ3) is 4.52. The molecule has 3 aliphatic heterocycles. The number of fused-ring (bicyclic) bond motifs is 1. The van der Waals surface area contributed by atoms with Crippen molar-refractivity contribution in [3.8, 4) is 11.5 Å². The number of rotatable bonds is 5. The predicted octanol–water partition coefficient (Wildman–Crippen LogP) is 2.36. The van der Waals surface area contributed by atoms with Crippen LogP contribution in [0.1, 0.15) is 18.4 Å². The number of hydrazine groups is 1. The Bertz CT molecular complexity index is 1170. The Morgan fingerprint density at radius 2 is 2.00 bits per heavy atom. The number of halogens is 1. The summed E-state index contributed by atoms with van der Waals surface area (Å²) in [6, 6.07) is 12.9. The number of likely N-dealkylation sites (tertiary alicyclic amines) is 1. The van der Waals surface area contributed by atoms with Crippen molar-refractivity contribution in [3.63, 3.8) is 0 Å². The average molecular weight is 478 g/mol. The lowest BCUT2D eigenvalue weighted by Gasteiger charge is -2.43. The molecule has 35 heavy (non-hydrogen) atoms. The molecule has 0 radical (unpaired) electrons. The van der Waals surface area contributed by atoms with Crippen LogP contribution < -0.4 is 21.3 Å². The van der Waals surface area contributed by atoms with Crippen LogP contribution in [0.2, 0.25) is 0 Å². The molecule has 2 amide bonds. The molecule has 4 N–H and O–H groups in total. The maximum absolute atomic E-state index is 13.5. The van der Waals surface area contributed by atoms with Crippen molar-refractivity contribution >= 4 is 17.4 Å². The molecule has 4 atom stereocenters. The van der Waals surface area contributed by atoms with E-state index in [9.17, 15) is 14.0 Å². The number of nitrogens with zero attached hydrogens (tertiary/aromatic N) is 2. The van der Waals surface area contributed by atoms with Crippen molar-refractivity contribution in [1.82, 2.24) is 20.7 Å². The average Bonchev–Trinajstić information content (AvgIpc) is 3.28. The van der Waals surface area contributed by atoms with Crippen LogP contribution in [-0.2, 0) is 9.59 Å². The highest BCUT2D eigenvalue weighted by Crippen LogP contribution is 2.41. The summed E-state index contributed by atoms with van der Waals surface area (Å²) in [6.45, 7) is 4.80. The lowest BCUT2D eigenvalue weighted by molar-refractivity contribution is -0.132. The summed E-state index contributed by atoms with van der Waals surface area (Å²) in [6.07, 6.45) is 4.57. The lowest BCUT2D eigenvalue weighted by atomic mass is 9.86. The first kappa shape index (κ1) is 23.1. The van der Waals surface area contributed by atoms with Crippen LogP contribution in [-0.4, -0.2) is 53.0 Å². The minimum Gasteiger partial charge on any atom is -0.457 e. The number of hydrogen-bond acceptors (Lipinski definition) is 6. The number of carbonyl (C=O) groups is 2. The molecule has 0 aromatic heterocycles. The van der Waals surface area contributed by atoms with Crippen LogP contribution in [0.3, 0.4) is 0 Å². The molecule has 8 nitrogen and oxygen atoms in total. The molecule has 0 spiro atoms. The first-order chi connectivity index (χ1) is 16.9. The van der Waals surface area contributed by atoms with Crippen LogP contribution in [0.15, 0.2) is 67.4 Å². The van der Waals surface area contributed by atoms with Crippen molar-refractivity contribution in [3.05, 3.63) is 78.8 Å². The Balaban J connectivity index is 1.42. The molecule has 2 fully saturated rings. The Morgan fingerprint density at radius 1 is 1.20 bits per heavy atom. The van der Waals surface area contributed by atoms with E-state index in [1.54, 1.807) is 17.0 Å². The lowest BCUT2D eigenvalue weighted by Crippen LogP contribution is -2.67. The van der Waals surface area contributed by atoms with E-state index >= 15 is 0 Å². The van der Waals surface area contributed by atoms with Gasteiger partial charge < -0.3 is 20.3 Å². The van der Waals surface area contributed by atoms with Gasteiger partial charge >= 0.3 is 0 Å². The summed E-state index contributed by atoms with van der Waals surface area (Å²) < 4.78 is 19.2. The number of benzene rings is 2. The van der Waals surface area contributed by atoms with E-state index < -0.39 is 12.2 Å². The van der Waals surface area contributed by atoms with E-state index in [2.05, 4.69) is 22.3 Å². The Kier molecular flexibility index (Phi) is 6.27. The summed E-state index contributed by atoms with van der Waals surface area (Å²) in [5, 5.41) is 0. The van der Waals surface area contributed by atoms with E-state index in [1.165, 1.54) is 18.2 Å². The third-order valence-corrected chi connectivity index (χ3v) is 6.85. The van der Waals surface area contributed by atoms with Gasteiger partial charge in [-0.05, 0) is 54.3 Å².